The van der Waals surface area contributed by atoms with Gasteiger partial charge in [0.2, 0.25) is 0 Å². The molecule has 108 valence electrons. The van der Waals surface area contributed by atoms with Crippen molar-refractivity contribution in [2.24, 2.45) is 0 Å². The van der Waals surface area contributed by atoms with Gasteiger partial charge in [0.15, 0.2) is 0 Å². The Labute approximate surface area is 121 Å². The van der Waals surface area contributed by atoms with E-state index in [1.807, 2.05) is 29.6 Å². The molecule has 2 nitrogen and oxygen atoms in total. The summed E-state index contributed by atoms with van der Waals surface area (Å²) in [6.45, 7) is 0.0670. The summed E-state index contributed by atoms with van der Waals surface area (Å²) in [5.74, 6) is 0.226. The molecule has 1 N–H and O–H groups in total. The monoisotopic (exact) mass is 297 g/mol. The van der Waals surface area contributed by atoms with Gasteiger partial charge >= 0.3 is 6.61 Å². The average Bonchev–Trinajstić information content (AvgIpc) is 2.94. The number of para-hydroxylation sites is 1. The molecule has 0 amide bonds. The minimum atomic E-state index is -2.81. The van der Waals surface area contributed by atoms with Gasteiger partial charge in [0.25, 0.3) is 0 Å². The van der Waals surface area contributed by atoms with Crippen LogP contribution in [0.3, 0.4) is 0 Å². The van der Waals surface area contributed by atoms with E-state index in [4.69, 9.17) is 0 Å². The lowest BCUT2D eigenvalue weighted by Crippen LogP contribution is -2.23. The number of hydrogen-bond acceptors (Lipinski definition) is 3. The van der Waals surface area contributed by atoms with Crippen molar-refractivity contribution < 1.29 is 13.5 Å². The number of nitrogens with one attached hydrogen (secondary N) is 1. The van der Waals surface area contributed by atoms with Gasteiger partial charge in [-0.25, -0.2) is 0 Å². The molecule has 1 atom stereocenters. The number of alkyl halides is 2. The summed E-state index contributed by atoms with van der Waals surface area (Å²) in [5, 5.41) is 5.37. The molecule has 1 aromatic heterocycles. The normalized spacial score (nSPS) is 12.6. The first-order valence-corrected chi connectivity index (χ1v) is 7.41. The fourth-order valence-electron chi connectivity index (χ4n) is 2.03. The SMILES string of the molecule is CCCNC(c1cccs1)c1ccccc1OC(F)F. The Kier molecular flexibility index (Phi) is 5.49. The number of benzene rings is 1. The molecule has 0 aliphatic carbocycles. The molecule has 1 heterocycles. The summed E-state index contributed by atoms with van der Waals surface area (Å²) < 4.78 is 29.7. The van der Waals surface area contributed by atoms with E-state index in [1.54, 1.807) is 23.5 Å². The molecular formula is C15H17F2NOS. The highest BCUT2D eigenvalue weighted by Crippen LogP contribution is 2.33. The van der Waals surface area contributed by atoms with Crippen molar-refractivity contribution in [3.63, 3.8) is 0 Å². The number of thiophene rings is 1. The summed E-state index contributed by atoms with van der Waals surface area (Å²) in [6.07, 6.45) is 0.972. The minimum Gasteiger partial charge on any atom is -0.434 e. The zero-order valence-corrected chi connectivity index (χ0v) is 12.0. The van der Waals surface area contributed by atoms with Gasteiger partial charge in [-0.15, -0.1) is 11.3 Å². The number of rotatable bonds is 7. The third kappa shape index (κ3) is 3.77. The molecule has 2 rings (SSSR count). The lowest BCUT2D eigenvalue weighted by atomic mass is 10.0. The number of hydrogen-bond donors (Lipinski definition) is 1. The maximum absolute atomic E-state index is 12.5. The number of ether oxygens (including phenoxy) is 1. The van der Waals surface area contributed by atoms with Crippen LogP contribution in [-0.2, 0) is 0 Å². The van der Waals surface area contributed by atoms with Crippen molar-refractivity contribution in [2.45, 2.75) is 26.0 Å². The molecule has 1 aromatic carbocycles. The Morgan fingerprint density at radius 3 is 2.65 bits per heavy atom. The van der Waals surface area contributed by atoms with Crippen molar-refractivity contribution in [3.8, 4) is 5.75 Å². The van der Waals surface area contributed by atoms with Crippen LogP contribution >= 0.6 is 11.3 Å². The van der Waals surface area contributed by atoms with E-state index in [-0.39, 0.29) is 11.8 Å². The Morgan fingerprint density at radius 2 is 2.00 bits per heavy atom. The van der Waals surface area contributed by atoms with Crippen LogP contribution in [0, 0.1) is 0 Å². The van der Waals surface area contributed by atoms with Crippen LogP contribution in [0.5, 0.6) is 5.75 Å². The first-order valence-electron chi connectivity index (χ1n) is 6.53. The van der Waals surface area contributed by atoms with Crippen LogP contribution in [0.2, 0.25) is 0 Å². The smallest absolute Gasteiger partial charge is 0.387 e. The highest BCUT2D eigenvalue weighted by molar-refractivity contribution is 7.10. The minimum absolute atomic E-state index is 0.120. The van der Waals surface area contributed by atoms with E-state index < -0.39 is 6.61 Å². The molecule has 0 bridgehead atoms. The molecule has 0 spiro atoms. The van der Waals surface area contributed by atoms with Gasteiger partial charge in [0.1, 0.15) is 5.75 Å². The van der Waals surface area contributed by atoms with E-state index in [1.165, 1.54) is 0 Å². The van der Waals surface area contributed by atoms with Crippen molar-refractivity contribution in [1.82, 2.24) is 5.32 Å². The van der Waals surface area contributed by atoms with Gasteiger partial charge in [-0.3, -0.25) is 0 Å². The third-order valence-corrected chi connectivity index (χ3v) is 3.81. The van der Waals surface area contributed by atoms with Crippen LogP contribution in [0.4, 0.5) is 8.78 Å². The maximum atomic E-state index is 12.5. The molecule has 0 radical (unpaired) electrons. The highest BCUT2D eigenvalue weighted by atomic mass is 32.1. The quantitative estimate of drug-likeness (QED) is 0.816. The highest BCUT2D eigenvalue weighted by Gasteiger charge is 2.20. The average molecular weight is 297 g/mol. The zero-order chi connectivity index (χ0) is 14.4. The molecule has 1 unspecified atom stereocenters. The van der Waals surface area contributed by atoms with Crippen LogP contribution in [0.1, 0.15) is 29.8 Å². The Hall–Kier alpha value is -1.46. The first kappa shape index (κ1) is 14.9. The summed E-state index contributed by atoms with van der Waals surface area (Å²) >= 11 is 1.60. The molecule has 0 fully saturated rings. The van der Waals surface area contributed by atoms with E-state index >= 15 is 0 Å². The van der Waals surface area contributed by atoms with Crippen LogP contribution in [-0.4, -0.2) is 13.2 Å². The van der Waals surface area contributed by atoms with Gasteiger partial charge in [-0.05, 0) is 30.5 Å². The fraction of sp³-hybridized carbons (Fsp3) is 0.333. The lowest BCUT2D eigenvalue weighted by Gasteiger charge is -2.20. The number of halogens is 2. The molecular weight excluding hydrogens is 280 g/mol. The molecule has 20 heavy (non-hydrogen) atoms. The van der Waals surface area contributed by atoms with E-state index in [2.05, 4.69) is 17.0 Å². The predicted molar refractivity (Wildman–Crippen MR) is 77.5 cm³/mol. The van der Waals surface area contributed by atoms with Gasteiger partial charge in [0.05, 0.1) is 6.04 Å². The Balaban J connectivity index is 2.33. The standard InChI is InChI=1S/C15H17F2NOS/c1-2-9-18-14(13-8-5-10-20-13)11-6-3-4-7-12(11)19-15(16)17/h3-8,10,14-15,18H,2,9H2,1H3. The predicted octanol–water partition coefficient (Wildman–Crippen LogP) is 4.44. The van der Waals surface area contributed by atoms with Crippen LogP contribution in [0.15, 0.2) is 41.8 Å². The Bertz CT molecular complexity index is 516. The Morgan fingerprint density at radius 1 is 1.20 bits per heavy atom. The second kappa shape index (κ2) is 7.36. The van der Waals surface area contributed by atoms with Gasteiger partial charge < -0.3 is 10.1 Å². The summed E-state index contributed by atoms with van der Waals surface area (Å²) in [5.41, 5.74) is 0.740. The molecule has 0 saturated heterocycles. The molecule has 0 saturated carbocycles. The van der Waals surface area contributed by atoms with Gasteiger partial charge in [0, 0.05) is 10.4 Å². The molecule has 0 aliphatic rings. The van der Waals surface area contributed by atoms with Crippen molar-refractivity contribution >= 4 is 11.3 Å². The van der Waals surface area contributed by atoms with E-state index in [0.29, 0.717) is 0 Å². The largest absolute Gasteiger partial charge is 0.434 e. The van der Waals surface area contributed by atoms with Crippen molar-refractivity contribution in [2.75, 3.05) is 6.54 Å². The van der Waals surface area contributed by atoms with Gasteiger partial charge in [-0.1, -0.05) is 31.2 Å². The molecule has 5 heteroatoms. The van der Waals surface area contributed by atoms with Gasteiger partial charge in [-0.2, -0.15) is 8.78 Å². The molecule has 0 aliphatic heterocycles. The molecule has 2 aromatic rings. The summed E-state index contributed by atoms with van der Waals surface area (Å²) in [4.78, 5) is 1.09. The van der Waals surface area contributed by atoms with Crippen molar-refractivity contribution in [3.05, 3.63) is 52.2 Å². The fourth-order valence-corrected chi connectivity index (χ4v) is 2.85. The lowest BCUT2D eigenvalue weighted by molar-refractivity contribution is -0.0506. The topological polar surface area (TPSA) is 21.3 Å². The van der Waals surface area contributed by atoms with Crippen molar-refractivity contribution in [1.29, 1.82) is 0 Å². The van der Waals surface area contributed by atoms with E-state index in [9.17, 15) is 8.78 Å². The van der Waals surface area contributed by atoms with E-state index in [0.717, 1.165) is 23.4 Å². The maximum Gasteiger partial charge on any atom is 0.387 e. The second-order valence-corrected chi connectivity index (χ2v) is 5.30. The summed E-state index contributed by atoms with van der Waals surface area (Å²) in [6, 6.07) is 10.8. The van der Waals surface area contributed by atoms with Crippen LogP contribution < -0.4 is 10.1 Å². The zero-order valence-electron chi connectivity index (χ0n) is 11.2. The second-order valence-electron chi connectivity index (χ2n) is 4.32. The first-order chi connectivity index (χ1) is 9.72. The van der Waals surface area contributed by atoms with Crippen LogP contribution in [0.25, 0.3) is 0 Å². The third-order valence-electron chi connectivity index (χ3n) is 2.87. The summed E-state index contributed by atoms with van der Waals surface area (Å²) in [7, 11) is 0.